The Kier molecular flexibility index (Phi) is 3.69. The lowest BCUT2D eigenvalue weighted by Gasteiger charge is -2.11. The van der Waals surface area contributed by atoms with Gasteiger partial charge in [-0.15, -0.1) is 10.2 Å². The lowest BCUT2D eigenvalue weighted by atomic mass is 10.1. The lowest BCUT2D eigenvalue weighted by molar-refractivity contribution is 1.02. The van der Waals surface area contributed by atoms with E-state index in [-0.39, 0.29) is 0 Å². The number of fused-ring (bicyclic) bond motifs is 3. The average molecular weight is 329 g/mol. The smallest absolute Gasteiger partial charge is 0.257 e. The quantitative estimate of drug-likeness (QED) is 0.589. The second-order valence-corrected chi connectivity index (χ2v) is 6.33. The molecule has 0 bridgehead atoms. The van der Waals surface area contributed by atoms with Gasteiger partial charge in [0.1, 0.15) is 11.6 Å². The Balaban J connectivity index is 1.98. The number of rotatable bonds is 3. The molecule has 5 nitrogen and oxygen atoms in total. The second-order valence-electron chi connectivity index (χ2n) is 6.33. The van der Waals surface area contributed by atoms with E-state index in [9.17, 15) is 0 Å². The van der Waals surface area contributed by atoms with Crippen molar-refractivity contribution in [2.75, 3.05) is 5.32 Å². The minimum atomic E-state index is 0.595. The molecule has 4 aromatic rings. The number of nitrogens with zero attached hydrogens (tertiary/aromatic N) is 4. The maximum absolute atomic E-state index is 4.67. The number of aryl methyl sites for hydroxylation is 1. The molecule has 0 saturated carbocycles. The zero-order valence-electron chi connectivity index (χ0n) is 14.5. The fourth-order valence-corrected chi connectivity index (χ4v) is 2.98. The molecule has 4 rings (SSSR count). The Morgan fingerprint density at radius 1 is 1.04 bits per heavy atom. The summed E-state index contributed by atoms with van der Waals surface area (Å²) < 4.78 is 1.99. The van der Waals surface area contributed by atoms with Crippen LogP contribution in [0.5, 0.6) is 0 Å². The molecule has 0 amide bonds. The summed E-state index contributed by atoms with van der Waals surface area (Å²) in [5, 5.41) is 12.8. The molecular formula is C20H19N5. The SMILES string of the molecule is CC(C)=Cc1ccc2c(Nc3ccccc3)nc3nnc(C)n3c2c1. The number of aromatic nitrogens is 4. The lowest BCUT2D eigenvalue weighted by Crippen LogP contribution is -2.01. The minimum Gasteiger partial charge on any atom is -0.340 e. The molecule has 0 aliphatic heterocycles. The molecule has 0 spiro atoms. The first-order valence-corrected chi connectivity index (χ1v) is 8.24. The summed E-state index contributed by atoms with van der Waals surface area (Å²) in [5.41, 5.74) is 4.44. The Labute approximate surface area is 146 Å². The van der Waals surface area contributed by atoms with E-state index < -0.39 is 0 Å². The highest BCUT2D eigenvalue weighted by atomic mass is 15.3. The number of hydrogen-bond donors (Lipinski definition) is 1. The maximum atomic E-state index is 4.67. The van der Waals surface area contributed by atoms with Gasteiger partial charge in [-0.3, -0.25) is 4.40 Å². The first kappa shape index (κ1) is 15.3. The van der Waals surface area contributed by atoms with Crippen molar-refractivity contribution < 1.29 is 0 Å². The van der Waals surface area contributed by atoms with Crippen molar-refractivity contribution in [1.29, 1.82) is 0 Å². The van der Waals surface area contributed by atoms with Crippen LogP contribution in [0.25, 0.3) is 22.8 Å². The minimum absolute atomic E-state index is 0.595. The molecule has 5 heteroatoms. The highest BCUT2D eigenvalue weighted by Gasteiger charge is 2.12. The number of allylic oxidation sites excluding steroid dienone is 1. The predicted octanol–water partition coefficient (Wildman–Crippen LogP) is 4.75. The van der Waals surface area contributed by atoms with Crippen molar-refractivity contribution in [3.8, 4) is 0 Å². The maximum Gasteiger partial charge on any atom is 0.257 e. The molecule has 0 radical (unpaired) electrons. The molecule has 0 unspecified atom stereocenters. The summed E-state index contributed by atoms with van der Waals surface area (Å²) in [6, 6.07) is 16.4. The van der Waals surface area contributed by atoms with Crippen molar-refractivity contribution in [3.05, 3.63) is 65.5 Å². The number of benzene rings is 2. The molecule has 2 aromatic heterocycles. The fraction of sp³-hybridized carbons (Fsp3) is 0.150. The monoisotopic (exact) mass is 329 g/mol. The summed E-state index contributed by atoms with van der Waals surface area (Å²) >= 11 is 0. The summed E-state index contributed by atoms with van der Waals surface area (Å²) in [7, 11) is 0. The predicted molar refractivity (Wildman–Crippen MR) is 102 cm³/mol. The van der Waals surface area contributed by atoms with Crippen LogP contribution in [0.15, 0.2) is 54.1 Å². The van der Waals surface area contributed by atoms with Gasteiger partial charge in [0, 0.05) is 11.1 Å². The zero-order chi connectivity index (χ0) is 17.4. The summed E-state index contributed by atoms with van der Waals surface area (Å²) in [6.07, 6.45) is 2.16. The molecule has 2 aromatic carbocycles. The normalized spacial score (nSPS) is 11.0. The number of anilines is 2. The van der Waals surface area contributed by atoms with Gasteiger partial charge >= 0.3 is 0 Å². The molecule has 25 heavy (non-hydrogen) atoms. The van der Waals surface area contributed by atoms with Crippen molar-refractivity contribution in [2.45, 2.75) is 20.8 Å². The van der Waals surface area contributed by atoms with Crippen LogP contribution in [0.1, 0.15) is 25.2 Å². The highest BCUT2D eigenvalue weighted by molar-refractivity contribution is 5.94. The Morgan fingerprint density at radius 3 is 2.60 bits per heavy atom. The van der Waals surface area contributed by atoms with Crippen LogP contribution in [0.3, 0.4) is 0 Å². The van der Waals surface area contributed by atoms with Gasteiger partial charge in [-0.2, -0.15) is 4.98 Å². The Hall–Kier alpha value is -3.21. The summed E-state index contributed by atoms with van der Waals surface area (Å²) in [6.45, 7) is 6.14. The molecule has 0 aliphatic rings. The van der Waals surface area contributed by atoms with E-state index in [1.165, 1.54) is 5.57 Å². The van der Waals surface area contributed by atoms with Crippen molar-refractivity contribution in [2.24, 2.45) is 0 Å². The van der Waals surface area contributed by atoms with Gasteiger partial charge in [0.15, 0.2) is 0 Å². The van der Waals surface area contributed by atoms with Crippen LogP contribution in [-0.4, -0.2) is 19.6 Å². The van der Waals surface area contributed by atoms with Crippen LogP contribution in [0.4, 0.5) is 11.5 Å². The molecule has 0 atom stereocenters. The van der Waals surface area contributed by atoms with Crippen molar-refractivity contribution in [3.63, 3.8) is 0 Å². The largest absolute Gasteiger partial charge is 0.340 e. The fourth-order valence-electron chi connectivity index (χ4n) is 2.98. The molecule has 0 fully saturated rings. The van der Waals surface area contributed by atoms with Crippen molar-refractivity contribution in [1.82, 2.24) is 19.6 Å². The van der Waals surface area contributed by atoms with Gasteiger partial charge in [0.25, 0.3) is 5.78 Å². The van der Waals surface area contributed by atoms with Crippen LogP contribution in [0, 0.1) is 6.92 Å². The average Bonchev–Trinajstić information content (AvgIpc) is 2.96. The van der Waals surface area contributed by atoms with E-state index in [2.05, 4.69) is 58.6 Å². The standard InChI is InChI=1S/C20H19N5/c1-13(2)11-15-9-10-17-18(12-15)25-14(3)23-24-20(25)22-19(17)21-16-7-5-4-6-8-16/h4-12H,1-3H3,(H,21,22,24). The van der Waals surface area contributed by atoms with Crippen LogP contribution in [-0.2, 0) is 0 Å². The zero-order valence-corrected chi connectivity index (χ0v) is 14.5. The second kappa shape index (κ2) is 6.02. The third-order valence-corrected chi connectivity index (χ3v) is 4.03. The molecule has 0 aliphatic carbocycles. The Morgan fingerprint density at radius 2 is 1.84 bits per heavy atom. The molecule has 2 heterocycles. The molecule has 124 valence electrons. The van der Waals surface area contributed by atoms with E-state index in [0.29, 0.717) is 5.78 Å². The first-order valence-electron chi connectivity index (χ1n) is 8.24. The number of hydrogen-bond acceptors (Lipinski definition) is 4. The van der Waals surface area contributed by atoms with E-state index >= 15 is 0 Å². The summed E-state index contributed by atoms with van der Waals surface area (Å²) in [4.78, 5) is 4.67. The van der Waals surface area contributed by atoms with E-state index in [1.54, 1.807) is 0 Å². The molecule has 1 N–H and O–H groups in total. The van der Waals surface area contributed by atoms with Gasteiger partial charge in [-0.05, 0) is 50.6 Å². The van der Waals surface area contributed by atoms with E-state index in [1.807, 2.05) is 41.7 Å². The number of para-hydroxylation sites is 1. The van der Waals surface area contributed by atoms with Gasteiger partial charge in [-0.1, -0.05) is 35.9 Å². The van der Waals surface area contributed by atoms with Crippen LogP contribution < -0.4 is 5.32 Å². The third-order valence-electron chi connectivity index (χ3n) is 4.03. The van der Waals surface area contributed by atoms with Gasteiger partial charge < -0.3 is 5.32 Å². The molecular weight excluding hydrogens is 310 g/mol. The third kappa shape index (κ3) is 2.85. The van der Waals surface area contributed by atoms with E-state index in [0.717, 1.165) is 33.8 Å². The van der Waals surface area contributed by atoms with Crippen LogP contribution in [0.2, 0.25) is 0 Å². The molecule has 0 saturated heterocycles. The van der Waals surface area contributed by atoms with Gasteiger partial charge in [-0.25, -0.2) is 0 Å². The van der Waals surface area contributed by atoms with E-state index in [4.69, 9.17) is 0 Å². The first-order chi connectivity index (χ1) is 12.1. The number of nitrogens with one attached hydrogen (secondary N) is 1. The van der Waals surface area contributed by atoms with Gasteiger partial charge in [0.2, 0.25) is 0 Å². The topological polar surface area (TPSA) is 55.1 Å². The van der Waals surface area contributed by atoms with Gasteiger partial charge in [0.05, 0.1) is 5.52 Å². The Bertz CT molecular complexity index is 1090. The van der Waals surface area contributed by atoms with Crippen LogP contribution >= 0.6 is 0 Å². The highest BCUT2D eigenvalue weighted by Crippen LogP contribution is 2.27. The van der Waals surface area contributed by atoms with Crippen molar-refractivity contribution >= 4 is 34.3 Å². The summed E-state index contributed by atoms with van der Waals surface area (Å²) in [5.74, 6) is 2.20.